The lowest BCUT2D eigenvalue weighted by atomic mass is 9.86. The van der Waals surface area contributed by atoms with Crippen LogP contribution in [-0.2, 0) is 16.0 Å². The Morgan fingerprint density at radius 3 is 2.52 bits per heavy atom. The molecule has 1 aromatic heterocycles. The van der Waals surface area contributed by atoms with Gasteiger partial charge >= 0.3 is 5.97 Å². The summed E-state index contributed by atoms with van der Waals surface area (Å²) in [6.07, 6.45) is 5.46. The Kier molecular flexibility index (Phi) is 4.95. The third-order valence-corrected chi connectivity index (χ3v) is 4.99. The summed E-state index contributed by atoms with van der Waals surface area (Å²) >= 11 is 5.10. The van der Waals surface area contributed by atoms with Crippen LogP contribution in [0.2, 0.25) is 0 Å². The summed E-state index contributed by atoms with van der Waals surface area (Å²) < 4.78 is 6.23. The van der Waals surface area contributed by atoms with E-state index >= 15 is 0 Å². The number of aryl methyl sites for hydroxylation is 1. The molecule has 4 nitrogen and oxygen atoms in total. The van der Waals surface area contributed by atoms with Crippen LogP contribution in [0.3, 0.4) is 0 Å². The van der Waals surface area contributed by atoms with Gasteiger partial charge in [-0.2, -0.15) is 12.6 Å². The standard InChI is InChI=1S/C20H20N2O2S/c1-15-5-3-4-6-18(15)20(25,13-22-12-11-21-14-22)17-9-7-16(8-10-17)19(23)24-2/h3-12,14,25H,13H2,1-2H3. The average molecular weight is 352 g/mol. The second-order valence-electron chi connectivity index (χ2n) is 5.98. The molecule has 3 rings (SSSR count). The fourth-order valence-corrected chi connectivity index (χ4v) is 3.58. The van der Waals surface area contributed by atoms with Crippen LogP contribution in [0.15, 0.2) is 67.3 Å². The molecule has 5 heteroatoms. The first-order chi connectivity index (χ1) is 12.0. The van der Waals surface area contributed by atoms with E-state index < -0.39 is 4.75 Å². The van der Waals surface area contributed by atoms with Crippen LogP contribution in [0, 0.1) is 6.92 Å². The minimum absolute atomic E-state index is 0.346. The number of carbonyl (C=O) groups excluding carboxylic acids is 1. The molecule has 128 valence electrons. The van der Waals surface area contributed by atoms with Crippen LogP contribution in [0.25, 0.3) is 0 Å². The molecule has 0 bridgehead atoms. The summed E-state index contributed by atoms with van der Waals surface area (Å²) in [5.74, 6) is -0.346. The Morgan fingerprint density at radius 1 is 1.20 bits per heavy atom. The van der Waals surface area contributed by atoms with Crippen molar-refractivity contribution in [2.75, 3.05) is 7.11 Å². The number of ether oxygens (including phenoxy) is 1. The predicted octanol–water partition coefficient (Wildman–Crippen LogP) is 3.85. The van der Waals surface area contributed by atoms with Gasteiger partial charge in [0.25, 0.3) is 0 Å². The van der Waals surface area contributed by atoms with Gasteiger partial charge in [-0.3, -0.25) is 0 Å². The lowest BCUT2D eigenvalue weighted by Crippen LogP contribution is -2.28. The molecule has 0 spiro atoms. The first-order valence-electron chi connectivity index (χ1n) is 7.97. The molecule has 0 aliphatic heterocycles. The molecule has 3 aromatic rings. The summed E-state index contributed by atoms with van der Waals surface area (Å²) in [6.45, 7) is 2.70. The lowest BCUT2D eigenvalue weighted by molar-refractivity contribution is 0.0600. The van der Waals surface area contributed by atoms with Gasteiger partial charge in [0.05, 0.1) is 23.7 Å². The molecule has 25 heavy (non-hydrogen) atoms. The van der Waals surface area contributed by atoms with Crippen molar-refractivity contribution in [1.29, 1.82) is 0 Å². The van der Waals surface area contributed by atoms with Crippen LogP contribution >= 0.6 is 12.6 Å². The van der Waals surface area contributed by atoms with Crippen molar-refractivity contribution in [2.24, 2.45) is 0 Å². The number of carbonyl (C=O) groups is 1. The number of benzene rings is 2. The van der Waals surface area contributed by atoms with Gasteiger partial charge in [0, 0.05) is 18.9 Å². The highest BCUT2D eigenvalue weighted by atomic mass is 32.1. The molecule has 0 aliphatic rings. The molecule has 0 saturated heterocycles. The van der Waals surface area contributed by atoms with Crippen LogP contribution in [0.4, 0.5) is 0 Å². The number of thiol groups is 1. The minimum Gasteiger partial charge on any atom is -0.465 e. The molecule has 2 aromatic carbocycles. The Hall–Kier alpha value is -2.53. The van der Waals surface area contributed by atoms with E-state index in [1.807, 2.05) is 35.0 Å². The average Bonchev–Trinajstić information content (AvgIpc) is 3.14. The van der Waals surface area contributed by atoms with E-state index in [4.69, 9.17) is 17.4 Å². The van der Waals surface area contributed by atoms with Crippen molar-refractivity contribution < 1.29 is 9.53 Å². The first-order valence-corrected chi connectivity index (χ1v) is 8.42. The Balaban J connectivity index is 2.08. The fraction of sp³-hybridized carbons (Fsp3) is 0.200. The molecule has 0 fully saturated rings. The van der Waals surface area contributed by atoms with Gasteiger partial charge in [-0.25, -0.2) is 9.78 Å². The number of hydrogen-bond donors (Lipinski definition) is 1. The summed E-state index contributed by atoms with van der Waals surface area (Å²) in [4.78, 5) is 15.8. The van der Waals surface area contributed by atoms with Crippen molar-refractivity contribution in [3.05, 3.63) is 89.5 Å². The van der Waals surface area contributed by atoms with E-state index in [-0.39, 0.29) is 5.97 Å². The predicted molar refractivity (Wildman–Crippen MR) is 101 cm³/mol. The maximum absolute atomic E-state index is 11.7. The lowest BCUT2D eigenvalue weighted by Gasteiger charge is -2.32. The Bertz CT molecular complexity index is 860. The van der Waals surface area contributed by atoms with Gasteiger partial charge in [0.2, 0.25) is 0 Å². The number of hydrogen-bond acceptors (Lipinski definition) is 4. The second-order valence-corrected chi connectivity index (χ2v) is 6.74. The van der Waals surface area contributed by atoms with Gasteiger partial charge in [0.1, 0.15) is 0 Å². The van der Waals surface area contributed by atoms with Crippen LogP contribution < -0.4 is 0 Å². The van der Waals surface area contributed by atoms with Crippen molar-refractivity contribution in [1.82, 2.24) is 9.55 Å². The highest BCUT2D eigenvalue weighted by molar-refractivity contribution is 7.81. The largest absolute Gasteiger partial charge is 0.465 e. The van der Waals surface area contributed by atoms with E-state index in [1.54, 1.807) is 24.7 Å². The highest BCUT2D eigenvalue weighted by Gasteiger charge is 2.32. The number of imidazole rings is 1. The van der Waals surface area contributed by atoms with Gasteiger partial charge in [0.15, 0.2) is 0 Å². The maximum atomic E-state index is 11.7. The normalized spacial score (nSPS) is 13.2. The number of esters is 1. The van der Waals surface area contributed by atoms with Crippen molar-refractivity contribution >= 4 is 18.6 Å². The van der Waals surface area contributed by atoms with E-state index in [1.165, 1.54) is 7.11 Å². The van der Waals surface area contributed by atoms with Crippen LogP contribution in [0.5, 0.6) is 0 Å². The molecule has 0 saturated carbocycles. The van der Waals surface area contributed by atoms with Crippen molar-refractivity contribution in [2.45, 2.75) is 18.2 Å². The zero-order valence-electron chi connectivity index (χ0n) is 14.2. The van der Waals surface area contributed by atoms with Crippen LogP contribution in [0.1, 0.15) is 27.0 Å². The van der Waals surface area contributed by atoms with Gasteiger partial charge in [-0.15, -0.1) is 0 Å². The minimum atomic E-state index is -0.555. The number of rotatable bonds is 5. The van der Waals surface area contributed by atoms with Crippen LogP contribution in [-0.4, -0.2) is 22.6 Å². The number of methoxy groups -OCH3 is 1. The number of nitrogens with zero attached hydrogens (tertiary/aromatic N) is 2. The smallest absolute Gasteiger partial charge is 0.337 e. The molecule has 0 amide bonds. The SMILES string of the molecule is COC(=O)c1ccc(C(S)(Cn2ccnc2)c2ccccc2C)cc1. The Morgan fingerprint density at radius 2 is 1.92 bits per heavy atom. The van der Waals surface area contributed by atoms with Gasteiger partial charge in [-0.1, -0.05) is 36.4 Å². The van der Waals surface area contributed by atoms with Gasteiger partial charge < -0.3 is 9.30 Å². The summed E-state index contributed by atoms with van der Waals surface area (Å²) in [7, 11) is 1.38. The fourth-order valence-electron chi connectivity index (χ4n) is 3.01. The molecule has 1 unspecified atom stereocenters. The monoisotopic (exact) mass is 352 g/mol. The summed E-state index contributed by atoms with van der Waals surface area (Å²) in [5.41, 5.74) is 3.81. The zero-order valence-corrected chi connectivity index (χ0v) is 15.1. The molecule has 1 atom stereocenters. The topological polar surface area (TPSA) is 44.1 Å². The zero-order chi connectivity index (χ0) is 17.9. The van der Waals surface area contributed by atoms with E-state index in [0.717, 1.165) is 16.7 Å². The summed E-state index contributed by atoms with van der Waals surface area (Å²) in [6, 6.07) is 15.6. The third-order valence-electron chi connectivity index (χ3n) is 4.34. The summed E-state index contributed by atoms with van der Waals surface area (Å²) in [5, 5.41) is 0. The second kappa shape index (κ2) is 7.15. The third kappa shape index (κ3) is 3.46. The van der Waals surface area contributed by atoms with Gasteiger partial charge in [-0.05, 0) is 35.7 Å². The molecular weight excluding hydrogens is 332 g/mol. The van der Waals surface area contributed by atoms with E-state index in [9.17, 15) is 4.79 Å². The van der Waals surface area contributed by atoms with E-state index in [0.29, 0.717) is 12.1 Å². The molecular formula is C20H20N2O2S. The Labute approximate surface area is 152 Å². The van der Waals surface area contributed by atoms with Crippen molar-refractivity contribution in [3.8, 4) is 0 Å². The highest BCUT2D eigenvalue weighted by Crippen LogP contribution is 2.39. The van der Waals surface area contributed by atoms with Crippen molar-refractivity contribution in [3.63, 3.8) is 0 Å². The quantitative estimate of drug-likeness (QED) is 0.560. The first kappa shape index (κ1) is 17.3. The number of aromatic nitrogens is 2. The van der Waals surface area contributed by atoms with E-state index in [2.05, 4.69) is 24.0 Å². The molecule has 1 heterocycles. The molecule has 0 aliphatic carbocycles. The molecule has 0 radical (unpaired) electrons. The maximum Gasteiger partial charge on any atom is 0.337 e. The molecule has 0 N–H and O–H groups in total.